The predicted molar refractivity (Wildman–Crippen MR) is 74.6 cm³/mol. The fourth-order valence-corrected chi connectivity index (χ4v) is 2.33. The van der Waals surface area contributed by atoms with Crippen LogP contribution in [0.4, 0.5) is 5.69 Å². The van der Waals surface area contributed by atoms with Crippen molar-refractivity contribution in [3.05, 3.63) is 29.8 Å². The lowest BCUT2D eigenvalue weighted by Crippen LogP contribution is -2.42. The molecule has 1 aromatic rings. The zero-order chi connectivity index (χ0) is 13.7. The summed E-state index contributed by atoms with van der Waals surface area (Å²) in [5.41, 5.74) is 2.15. The number of nitrogens with zero attached hydrogens (tertiary/aromatic N) is 2. The number of carbonyl (C=O) groups is 1. The minimum absolute atomic E-state index is 0.113. The van der Waals surface area contributed by atoms with Gasteiger partial charge in [-0.25, -0.2) is 0 Å². The monoisotopic (exact) mass is 257 g/mol. The van der Waals surface area contributed by atoms with Crippen molar-refractivity contribution in [2.45, 2.75) is 38.8 Å². The first-order valence-electron chi connectivity index (χ1n) is 6.73. The van der Waals surface area contributed by atoms with Crippen LogP contribution in [0.5, 0.6) is 0 Å². The van der Waals surface area contributed by atoms with Gasteiger partial charge in [-0.05, 0) is 31.4 Å². The van der Waals surface area contributed by atoms with Crippen molar-refractivity contribution in [3.8, 4) is 6.07 Å². The Bertz CT molecular complexity index is 492. The van der Waals surface area contributed by atoms with Crippen molar-refractivity contribution in [3.63, 3.8) is 0 Å². The molecule has 0 saturated heterocycles. The number of anilines is 1. The molecule has 1 unspecified atom stereocenters. The summed E-state index contributed by atoms with van der Waals surface area (Å²) < 4.78 is 0. The number of rotatable bonds is 4. The quantitative estimate of drug-likeness (QED) is 0.841. The lowest BCUT2D eigenvalue weighted by Gasteiger charge is -2.24. The second-order valence-corrected chi connectivity index (χ2v) is 4.84. The first-order valence-corrected chi connectivity index (χ1v) is 6.73. The fraction of sp³-hybridized carbons (Fsp3) is 0.467. The average molecular weight is 257 g/mol. The summed E-state index contributed by atoms with van der Waals surface area (Å²) in [7, 11) is 0. The van der Waals surface area contributed by atoms with E-state index in [2.05, 4.69) is 17.5 Å². The van der Waals surface area contributed by atoms with E-state index < -0.39 is 0 Å². The number of unbranched alkanes of at least 4 members (excludes halogenated alkanes) is 2. The van der Waals surface area contributed by atoms with E-state index in [1.807, 2.05) is 30.0 Å². The van der Waals surface area contributed by atoms with Crippen LogP contribution in [0.3, 0.4) is 0 Å². The van der Waals surface area contributed by atoms with Crippen LogP contribution in [0.2, 0.25) is 0 Å². The van der Waals surface area contributed by atoms with Gasteiger partial charge >= 0.3 is 0 Å². The molecule has 0 aromatic heterocycles. The summed E-state index contributed by atoms with van der Waals surface area (Å²) in [6, 6.07) is 9.98. The second kappa shape index (κ2) is 6.35. The Morgan fingerprint density at radius 2 is 2.21 bits per heavy atom. The minimum Gasteiger partial charge on any atom is -0.311 e. The van der Waals surface area contributed by atoms with Gasteiger partial charge in [-0.3, -0.25) is 4.79 Å². The molecule has 0 aliphatic carbocycles. The topological polar surface area (TPSA) is 56.1 Å². The van der Waals surface area contributed by atoms with E-state index in [-0.39, 0.29) is 11.9 Å². The first-order chi connectivity index (χ1) is 9.24. The molecule has 0 saturated carbocycles. The summed E-state index contributed by atoms with van der Waals surface area (Å²) in [6.45, 7) is 3.30. The summed E-state index contributed by atoms with van der Waals surface area (Å²) in [4.78, 5) is 14.2. The molecule has 1 amide bonds. The Morgan fingerprint density at radius 1 is 1.42 bits per heavy atom. The molecule has 1 aliphatic heterocycles. The van der Waals surface area contributed by atoms with Gasteiger partial charge in [0.15, 0.2) is 0 Å². The van der Waals surface area contributed by atoms with Crippen molar-refractivity contribution < 1.29 is 4.79 Å². The van der Waals surface area contributed by atoms with Gasteiger partial charge in [0, 0.05) is 25.2 Å². The number of amides is 1. The normalized spacial score (nSPS) is 18.6. The number of benzene rings is 1. The molecule has 1 aromatic carbocycles. The molecule has 1 heterocycles. The molecule has 100 valence electrons. The smallest absolute Gasteiger partial charge is 0.243 e. The number of nitriles is 1. The zero-order valence-corrected chi connectivity index (χ0v) is 11.2. The summed E-state index contributed by atoms with van der Waals surface area (Å²) in [5, 5.41) is 11.8. The Kier molecular flexibility index (Phi) is 4.53. The van der Waals surface area contributed by atoms with Crippen LogP contribution in [0, 0.1) is 11.3 Å². The first kappa shape index (κ1) is 13.6. The van der Waals surface area contributed by atoms with Gasteiger partial charge in [0.2, 0.25) is 5.91 Å². The zero-order valence-electron chi connectivity index (χ0n) is 11.2. The number of hydrogen-bond acceptors (Lipinski definition) is 3. The van der Waals surface area contributed by atoms with Crippen LogP contribution >= 0.6 is 0 Å². The molecule has 0 spiro atoms. The van der Waals surface area contributed by atoms with Crippen molar-refractivity contribution in [1.29, 1.82) is 5.26 Å². The molecule has 2 rings (SSSR count). The highest BCUT2D eigenvalue weighted by atomic mass is 16.2. The van der Waals surface area contributed by atoms with E-state index >= 15 is 0 Å². The summed E-state index contributed by atoms with van der Waals surface area (Å²) in [5.74, 6) is 0.113. The number of para-hydroxylation sites is 1. The standard InChI is InChI=1S/C15H19N3O/c1-12-15(19)18(10-6-2-5-9-16)14-8-4-3-7-13(14)11-17-12/h3-4,7-8,12,17H,2,5-6,10-11H2,1H3. The number of hydrogen-bond donors (Lipinski definition) is 1. The molecule has 1 atom stereocenters. The average Bonchev–Trinajstić information content (AvgIpc) is 2.55. The van der Waals surface area contributed by atoms with Gasteiger partial charge in [-0.15, -0.1) is 0 Å². The number of nitrogens with one attached hydrogen (secondary N) is 1. The minimum atomic E-state index is -0.164. The van der Waals surface area contributed by atoms with Gasteiger partial charge in [0.05, 0.1) is 12.1 Å². The van der Waals surface area contributed by atoms with Crippen LogP contribution in [0.1, 0.15) is 31.7 Å². The molecule has 0 radical (unpaired) electrons. The SMILES string of the molecule is CC1NCc2ccccc2N(CCCCC#N)C1=O. The third-order valence-corrected chi connectivity index (χ3v) is 3.44. The van der Waals surface area contributed by atoms with Gasteiger partial charge in [0.25, 0.3) is 0 Å². The van der Waals surface area contributed by atoms with Crippen molar-refractivity contribution in [2.24, 2.45) is 0 Å². The van der Waals surface area contributed by atoms with Crippen LogP contribution in [0.25, 0.3) is 0 Å². The molecular weight excluding hydrogens is 238 g/mol. The van der Waals surface area contributed by atoms with Crippen LogP contribution in [0.15, 0.2) is 24.3 Å². The molecular formula is C15H19N3O. The molecule has 4 heteroatoms. The van der Waals surface area contributed by atoms with E-state index in [9.17, 15) is 4.79 Å². The van der Waals surface area contributed by atoms with E-state index in [1.54, 1.807) is 0 Å². The Morgan fingerprint density at radius 3 is 3.00 bits per heavy atom. The van der Waals surface area contributed by atoms with Crippen LogP contribution in [-0.2, 0) is 11.3 Å². The summed E-state index contributed by atoms with van der Waals surface area (Å²) >= 11 is 0. The van der Waals surface area contributed by atoms with Crippen LogP contribution in [-0.4, -0.2) is 18.5 Å². The fourth-order valence-electron chi connectivity index (χ4n) is 2.33. The number of carbonyl (C=O) groups excluding carboxylic acids is 1. The molecule has 0 bridgehead atoms. The van der Waals surface area contributed by atoms with Crippen molar-refractivity contribution >= 4 is 11.6 Å². The number of fused-ring (bicyclic) bond motifs is 1. The highest BCUT2D eigenvalue weighted by Gasteiger charge is 2.26. The maximum Gasteiger partial charge on any atom is 0.243 e. The Labute approximate surface area is 114 Å². The lowest BCUT2D eigenvalue weighted by atomic mass is 10.1. The lowest BCUT2D eigenvalue weighted by molar-refractivity contribution is -0.120. The summed E-state index contributed by atoms with van der Waals surface area (Å²) in [6.07, 6.45) is 2.25. The van der Waals surface area contributed by atoms with Crippen molar-refractivity contribution in [2.75, 3.05) is 11.4 Å². The predicted octanol–water partition coefficient (Wildman–Crippen LogP) is 2.21. The van der Waals surface area contributed by atoms with Gasteiger partial charge in [0.1, 0.15) is 0 Å². The highest BCUT2D eigenvalue weighted by molar-refractivity contribution is 5.98. The van der Waals surface area contributed by atoms with E-state index in [4.69, 9.17) is 5.26 Å². The van der Waals surface area contributed by atoms with Gasteiger partial charge in [-0.1, -0.05) is 18.2 Å². The Balaban J connectivity index is 2.17. The van der Waals surface area contributed by atoms with E-state index in [1.165, 1.54) is 0 Å². The van der Waals surface area contributed by atoms with E-state index in [0.29, 0.717) is 13.0 Å². The highest BCUT2D eigenvalue weighted by Crippen LogP contribution is 2.24. The second-order valence-electron chi connectivity index (χ2n) is 4.84. The molecule has 1 N–H and O–H groups in total. The Hall–Kier alpha value is -1.86. The van der Waals surface area contributed by atoms with Crippen LogP contribution < -0.4 is 10.2 Å². The maximum absolute atomic E-state index is 12.4. The third-order valence-electron chi connectivity index (χ3n) is 3.44. The molecule has 4 nitrogen and oxygen atoms in total. The van der Waals surface area contributed by atoms with E-state index in [0.717, 1.165) is 30.6 Å². The van der Waals surface area contributed by atoms with Gasteiger partial charge in [-0.2, -0.15) is 5.26 Å². The molecule has 19 heavy (non-hydrogen) atoms. The third kappa shape index (κ3) is 3.12. The van der Waals surface area contributed by atoms with Gasteiger partial charge < -0.3 is 10.2 Å². The molecule has 1 aliphatic rings. The van der Waals surface area contributed by atoms with Crippen molar-refractivity contribution in [1.82, 2.24) is 5.32 Å². The molecule has 0 fully saturated rings. The largest absolute Gasteiger partial charge is 0.311 e. The maximum atomic E-state index is 12.4.